The summed E-state index contributed by atoms with van der Waals surface area (Å²) in [5, 5.41) is 8.98. The fraction of sp³-hybridized carbons (Fsp3) is 0. The summed E-state index contributed by atoms with van der Waals surface area (Å²) in [6.45, 7) is 0. The number of hydrogen-bond acceptors (Lipinski definition) is 2. The molecular formula is C12H7BrClN3. The van der Waals surface area contributed by atoms with E-state index in [1.165, 1.54) is 0 Å². The van der Waals surface area contributed by atoms with Crippen molar-refractivity contribution in [3.63, 3.8) is 0 Å². The Balaban J connectivity index is 2.31. The van der Waals surface area contributed by atoms with Gasteiger partial charge in [-0.3, -0.25) is 4.40 Å². The summed E-state index contributed by atoms with van der Waals surface area (Å²) in [4.78, 5) is 0. The third-order valence-corrected chi connectivity index (χ3v) is 3.41. The van der Waals surface area contributed by atoms with Crippen LogP contribution < -0.4 is 0 Å². The molecule has 2 aromatic heterocycles. The molecule has 3 nitrogen and oxygen atoms in total. The Labute approximate surface area is 111 Å². The van der Waals surface area contributed by atoms with Crippen molar-refractivity contribution in [1.82, 2.24) is 14.6 Å². The number of rotatable bonds is 1. The number of halogens is 2. The van der Waals surface area contributed by atoms with Crippen LogP contribution in [0.3, 0.4) is 0 Å². The van der Waals surface area contributed by atoms with Gasteiger partial charge in [0.15, 0.2) is 11.5 Å². The van der Waals surface area contributed by atoms with Crippen LogP contribution in [0, 0.1) is 0 Å². The van der Waals surface area contributed by atoms with Crippen molar-refractivity contribution >= 4 is 33.2 Å². The van der Waals surface area contributed by atoms with E-state index in [9.17, 15) is 0 Å². The highest BCUT2D eigenvalue weighted by atomic mass is 79.9. The van der Waals surface area contributed by atoms with Gasteiger partial charge < -0.3 is 0 Å². The van der Waals surface area contributed by atoms with Gasteiger partial charge in [-0.25, -0.2) is 0 Å². The summed E-state index contributed by atoms with van der Waals surface area (Å²) in [5.74, 6) is 0.773. The van der Waals surface area contributed by atoms with E-state index in [4.69, 9.17) is 11.6 Å². The minimum absolute atomic E-state index is 0.677. The minimum atomic E-state index is 0.677. The second kappa shape index (κ2) is 4.13. The van der Waals surface area contributed by atoms with Crippen molar-refractivity contribution in [3.05, 3.63) is 52.1 Å². The molecule has 17 heavy (non-hydrogen) atoms. The lowest BCUT2D eigenvalue weighted by Crippen LogP contribution is -1.89. The molecule has 0 fully saturated rings. The van der Waals surface area contributed by atoms with Crippen molar-refractivity contribution in [2.75, 3.05) is 0 Å². The normalized spacial score (nSPS) is 10.9. The van der Waals surface area contributed by atoms with Crippen LogP contribution in [-0.2, 0) is 0 Å². The van der Waals surface area contributed by atoms with E-state index >= 15 is 0 Å². The van der Waals surface area contributed by atoms with Crippen LogP contribution in [0.4, 0.5) is 0 Å². The molecule has 1 aromatic carbocycles. The molecule has 0 unspecified atom stereocenters. The van der Waals surface area contributed by atoms with Gasteiger partial charge >= 0.3 is 0 Å². The molecular weight excluding hydrogens is 302 g/mol. The molecule has 3 rings (SSSR count). The van der Waals surface area contributed by atoms with E-state index in [1.54, 1.807) is 0 Å². The van der Waals surface area contributed by atoms with E-state index < -0.39 is 0 Å². The van der Waals surface area contributed by atoms with Gasteiger partial charge in [-0.2, -0.15) is 0 Å². The molecule has 0 atom stereocenters. The van der Waals surface area contributed by atoms with Gasteiger partial charge in [0.2, 0.25) is 0 Å². The molecule has 84 valence electrons. The SMILES string of the molecule is Clc1ccc(Br)c(-c2nnc3ccccn23)c1. The van der Waals surface area contributed by atoms with Crippen molar-refractivity contribution < 1.29 is 0 Å². The molecule has 0 saturated carbocycles. The van der Waals surface area contributed by atoms with Gasteiger partial charge in [0.05, 0.1) is 0 Å². The molecule has 5 heteroatoms. The third-order valence-electron chi connectivity index (χ3n) is 2.48. The van der Waals surface area contributed by atoms with Crippen LogP contribution in [0.5, 0.6) is 0 Å². The van der Waals surface area contributed by atoms with E-state index in [0.717, 1.165) is 21.5 Å². The largest absolute Gasteiger partial charge is 0.282 e. The van der Waals surface area contributed by atoms with Crippen molar-refractivity contribution in [2.45, 2.75) is 0 Å². The fourth-order valence-electron chi connectivity index (χ4n) is 1.69. The van der Waals surface area contributed by atoms with Crippen molar-refractivity contribution in [3.8, 4) is 11.4 Å². The first kappa shape index (κ1) is 10.7. The first-order valence-electron chi connectivity index (χ1n) is 5.01. The molecule has 0 N–H and O–H groups in total. The highest BCUT2D eigenvalue weighted by Crippen LogP contribution is 2.29. The predicted molar refractivity (Wildman–Crippen MR) is 71.1 cm³/mol. The zero-order valence-corrected chi connectivity index (χ0v) is 11.0. The van der Waals surface area contributed by atoms with Crippen molar-refractivity contribution in [1.29, 1.82) is 0 Å². The van der Waals surface area contributed by atoms with Crippen LogP contribution in [0.25, 0.3) is 17.0 Å². The smallest absolute Gasteiger partial charge is 0.169 e. The highest BCUT2D eigenvalue weighted by molar-refractivity contribution is 9.10. The second-order valence-electron chi connectivity index (χ2n) is 3.58. The predicted octanol–water partition coefficient (Wildman–Crippen LogP) is 3.81. The second-order valence-corrected chi connectivity index (χ2v) is 4.87. The molecule has 3 aromatic rings. The first-order valence-corrected chi connectivity index (χ1v) is 6.18. The van der Waals surface area contributed by atoms with E-state index in [2.05, 4.69) is 26.1 Å². The van der Waals surface area contributed by atoms with Gasteiger partial charge in [0.1, 0.15) is 0 Å². The molecule has 0 aliphatic rings. The van der Waals surface area contributed by atoms with Crippen LogP contribution >= 0.6 is 27.5 Å². The number of pyridine rings is 1. The molecule has 0 amide bonds. The fourth-order valence-corrected chi connectivity index (χ4v) is 2.29. The quantitative estimate of drug-likeness (QED) is 0.684. The van der Waals surface area contributed by atoms with Crippen LogP contribution in [-0.4, -0.2) is 14.6 Å². The Kier molecular flexibility index (Phi) is 2.61. The lowest BCUT2D eigenvalue weighted by atomic mass is 10.2. The van der Waals surface area contributed by atoms with E-state index in [1.807, 2.05) is 47.0 Å². The molecule has 0 aliphatic heterocycles. The molecule has 0 bridgehead atoms. The monoisotopic (exact) mass is 307 g/mol. The Morgan fingerprint density at radius 3 is 2.88 bits per heavy atom. The lowest BCUT2D eigenvalue weighted by molar-refractivity contribution is 1.11. The Bertz CT molecular complexity index is 693. The zero-order valence-electron chi connectivity index (χ0n) is 8.64. The maximum absolute atomic E-state index is 6.01. The highest BCUT2D eigenvalue weighted by Gasteiger charge is 2.11. The van der Waals surface area contributed by atoms with Gasteiger partial charge in [0.25, 0.3) is 0 Å². The van der Waals surface area contributed by atoms with Crippen LogP contribution in [0.2, 0.25) is 5.02 Å². The number of fused-ring (bicyclic) bond motifs is 1. The average molecular weight is 309 g/mol. The summed E-state index contributed by atoms with van der Waals surface area (Å²) in [6.07, 6.45) is 1.93. The van der Waals surface area contributed by atoms with Gasteiger partial charge in [-0.05, 0) is 30.3 Å². The van der Waals surface area contributed by atoms with Crippen LogP contribution in [0.15, 0.2) is 47.1 Å². The first-order chi connectivity index (χ1) is 8.25. The zero-order chi connectivity index (χ0) is 11.8. The Hall–Kier alpha value is -1.39. The number of aromatic nitrogens is 3. The molecule has 0 radical (unpaired) electrons. The Morgan fingerprint density at radius 1 is 1.12 bits per heavy atom. The summed E-state index contributed by atoms with van der Waals surface area (Å²) in [5.41, 5.74) is 1.74. The van der Waals surface area contributed by atoms with Crippen LogP contribution in [0.1, 0.15) is 0 Å². The summed E-state index contributed by atoms with van der Waals surface area (Å²) in [6, 6.07) is 11.4. The molecule has 0 saturated heterocycles. The summed E-state index contributed by atoms with van der Waals surface area (Å²) >= 11 is 9.50. The standard InChI is InChI=1S/C12H7BrClN3/c13-10-5-4-8(14)7-9(10)12-16-15-11-3-1-2-6-17(11)12/h1-7H. The molecule has 2 heterocycles. The Morgan fingerprint density at radius 2 is 2.00 bits per heavy atom. The third kappa shape index (κ3) is 1.83. The number of nitrogens with zero attached hydrogens (tertiary/aromatic N) is 3. The molecule has 0 spiro atoms. The maximum Gasteiger partial charge on any atom is 0.169 e. The topological polar surface area (TPSA) is 30.2 Å². The number of hydrogen-bond donors (Lipinski definition) is 0. The maximum atomic E-state index is 6.01. The summed E-state index contributed by atoms with van der Waals surface area (Å²) < 4.78 is 2.87. The van der Waals surface area contributed by atoms with E-state index in [-0.39, 0.29) is 0 Å². The van der Waals surface area contributed by atoms with E-state index in [0.29, 0.717) is 5.02 Å². The van der Waals surface area contributed by atoms with Gasteiger partial charge in [-0.1, -0.05) is 33.6 Å². The summed E-state index contributed by atoms with van der Waals surface area (Å²) in [7, 11) is 0. The van der Waals surface area contributed by atoms with Gasteiger partial charge in [0, 0.05) is 21.3 Å². The lowest BCUT2D eigenvalue weighted by Gasteiger charge is -2.03. The van der Waals surface area contributed by atoms with Crippen molar-refractivity contribution in [2.24, 2.45) is 0 Å². The number of benzene rings is 1. The minimum Gasteiger partial charge on any atom is -0.282 e. The molecule has 0 aliphatic carbocycles. The average Bonchev–Trinajstić information content (AvgIpc) is 2.76. The van der Waals surface area contributed by atoms with Gasteiger partial charge in [-0.15, -0.1) is 10.2 Å².